The van der Waals surface area contributed by atoms with Crippen molar-refractivity contribution in [1.82, 2.24) is 14.8 Å². The van der Waals surface area contributed by atoms with Crippen LogP contribution in [0.5, 0.6) is 0 Å². The van der Waals surface area contributed by atoms with Gasteiger partial charge in [0.25, 0.3) is 0 Å². The summed E-state index contributed by atoms with van der Waals surface area (Å²) in [7, 11) is 0. The first-order chi connectivity index (χ1) is 9.10. The van der Waals surface area contributed by atoms with Crippen LogP contribution in [0.3, 0.4) is 0 Å². The van der Waals surface area contributed by atoms with Crippen molar-refractivity contribution in [2.75, 3.05) is 6.54 Å². The van der Waals surface area contributed by atoms with Crippen molar-refractivity contribution in [1.29, 1.82) is 0 Å². The maximum Gasteiger partial charge on any atom is 0.242 e. The predicted molar refractivity (Wildman–Crippen MR) is 76.8 cm³/mol. The fourth-order valence-electron chi connectivity index (χ4n) is 2.29. The highest BCUT2D eigenvalue weighted by molar-refractivity contribution is 5.76. The van der Waals surface area contributed by atoms with E-state index in [4.69, 9.17) is 0 Å². The van der Waals surface area contributed by atoms with Crippen LogP contribution in [0.4, 0.5) is 0 Å². The molecule has 1 aliphatic carbocycles. The molecule has 1 aliphatic rings. The quantitative estimate of drug-likeness (QED) is 0.817. The zero-order chi connectivity index (χ0) is 13.8. The van der Waals surface area contributed by atoms with Crippen molar-refractivity contribution >= 4 is 5.91 Å². The second-order valence-electron chi connectivity index (χ2n) is 5.64. The minimum atomic E-state index is 0.240. The van der Waals surface area contributed by atoms with E-state index in [1.165, 1.54) is 18.4 Å². The molecule has 0 radical (unpaired) electrons. The lowest BCUT2D eigenvalue weighted by atomic mass is 10.3. The van der Waals surface area contributed by atoms with Crippen molar-refractivity contribution in [3.8, 4) is 0 Å². The monoisotopic (exact) mass is 263 g/mol. The van der Waals surface area contributed by atoms with E-state index >= 15 is 0 Å². The lowest BCUT2D eigenvalue weighted by molar-refractivity contribution is -0.132. The van der Waals surface area contributed by atoms with Crippen molar-refractivity contribution in [2.24, 2.45) is 0 Å². The van der Waals surface area contributed by atoms with E-state index in [0.717, 1.165) is 13.1 Å². The van der Waals surface area contributed by atoms with Crippen molar-refractivity contribution in [3.63, 3.8) is 0 Å². The number of nitrogens with zero attached hydrogens (tertiary/aromatic N) is 2. The van der Waals surface area contributed by atoms with Gasteiger partial charge in [0.05, 0.1) is 0 Å². The van der Waals surface area contributed by atoms with Crippen molar-refractivity contribution < 1.29 is 4.79 Å². The summed E-state index contributed by atoms with van der Waals surface area (Å²) in [6.07, 6.45) is 6.41. The Hall–Kier alpha value is -1.29. The number of hydrogen-bond donors (Lipinski definition) is 1. The van der Waals surface area contributed by atoms with E-state index in [0.29, 0.717) is 18.6 Å². The van der Waals surface area contributed by atoms with Crippen LogP contribution in [-0.4, -0.2) is 34.0 Å². The summed E-state index contributed by atoms with van der Waals surface area (Å²) in [6.45, 7) is 8.48. The Morgan fingerprint density at radius 1 is 1.53 bits per heavy atom. The average Bonchev–Trinajstić information content (AvgIpc) is 3.08. The lowest BCUT2D eigenvalue weighted by Gasteiger charge is -2.20. The molecule has 2 rings (SSSR count). The van der Waals surface area contributed by atoms with Gasteiger partial charge in [-0.1, -0.05) is 13.8 Å². The number of likely N-dealkylation sites (N-methyl/N-ethyl adjacent to an activating group) is 1. The van der Waals surface area contributed by atoms with Gasteiger partial charge in [-0.2, -0.15) is 0 Å². The molecule has 0 spiro atoms. The van der Waals surface area contributed by atoms with Gasteiger partial charge >= 0.3 is 0 Å². The summed E-state index contributed by atoms with van der Waals surface area (Å²) in [5.41, 5.74) is 1.23. The van der Waals surface area contributed by atoms with Crippen LogP contribution in [-0.2, 0) is 17.9 Å². The summed E-state index contributed by atoms with van der Waals surface area (Å²) in [5, 5.41) is 3.38. The van der Waals surface area contributed by atoms with E-state index < -0.39 is 0 Å². The molecule has 106 valence electrons. The van der Waals surface area contributed by atoms with E-state index in [-0.39, 0.29) is 5.91 Å². The van der Waals surface area contributed by atoms with Gasteiger partial charge in [0.15, 0.2) is 0 Å². The first-order valence-corrected chi connectivity index (χ1v) is 7.27. The van der Waals surface area contributed by atoms with Crippen LogP contribution < -0.4 is 5.32 Å². The first-order valence-electron chi connectivity index (χ1n) is 7.27. The van der Waals surface area contributed by atoms with Crippen LogP contribution in [0.25, 0.3) is 0 Å². The summed E-state index contributed by atoms with van der Waals surface area (Å²) in [5.74, 6) is 0.240. The van der Waals surface area contributed by atoms with Crippen LogP contribution in [0.2, 0.25) is 0 Å². The fraction of sp³-hybridized carbons (Fsp3) is 0.667. The Morgan fingerprint density at radius 2 is 2.26 bits per heavy atom. The average molecular weight is 263 g/mol. The fourth-order valence-corrected chi connectivity index (χ4v) is 2.29. The standard InChI is InChI=1S/C15H25N3O/c1-4-18(14-5-6-14)15(19)11-17-8-7-13(10-17)9-16-12(2)3/h7-8,10,12,14,16H,4-6,9,11H2,1-3H3. The molecule has 0 aromatic carbocycles. The third-order valence-corrected chi connectivity index (χ3v) is 3.49. The van der Waals surface area contributed by atoms with Gasteiger partial charge in [-0.25, -0.2) is 0 Å². The van der Waals surface area contributed by atoms with Gasteiger partial charge < -0.3 is 14.8 Å². The molecule has 1 amide bonds. The number of carbonyl (C=O) groups excluding carboxylic acids is 1. The SMILES string of the molecule is CCN(C(=O)Cn1ccc(CNC(C)C)c1)C1CC1. The molecule has 0 bridgehead atoms. The molecule has 4 nitrogen and oxygen atoms in total. The van der Waals surface area contributed by atoms with Gasteiger partial charge in [-0.3, -0.25) is 4.79 Å². The number of nitrogens with one attached hydrogen (secondary N) is 1. The van der Waals surface area contributed by atoms with E-state index in [1.807, 2.05) is 15.7 Å². The molecule has 0 unspecified atom stereocenters. The highest BCUT2D eigenvalue weighted by Gasteiger charge is 2.31. The molecule has 1 aromatic rings. The van der Waals surface area contributed by atoms with Gasteiger partial charge in [0, 0.05) is 37.6 Å². The molecule has 19 heavy (non-hydrogen) atoms. The molecule has 0 atom stereocenters. The van der Waals surface area contributed by atoms with Gasteiger partial charge in [0.1, 0.15) is 6.54 Å². The van der Waals surface area contributed by atoms with E-state index in [2.05, 4.69) is 38.4 Å². The van der Waals surface area contributed by atoms with Gasteiger partial charge in [-0.05, 0) is 31.4 Å². The number of aromatic nitrogens is 1. The predicted octanol–water partition coefficient (Wildman–Crippen LogP) is 2.00. The number of amides is 1. The highest BCUT2D eigenvalue weighted by atomic mass is 16.2. The maximum absolute atomic E-state index is 12.2. The molecule has 1 N–H and O–H groups in total. The Labute approximate surface area is 115 Å². The molecule has 1 fully saturated rings. The first kappa shape index (κ1) is 14.1. The Morgan fingerprint density at radius 3 is 2.84 bits per heavy atom. The Balaban J connectivity index is 1.86. The molecule has 1 aromatic heterocycles. The third kappa shape index (κ3) is 4.10. The largest absolute Gasteiger partial charge is 0.345 e. The van der Waals surface area contributed by atoms with Crippen molar-refractivity contribution in [3.05, 3.63) is 24.0 Å². The molecule has 0 aliphatic heterocycles. The second kappa shape index (κ2) is 6.24. The summed E-state index contributed by atoms with van der Waals surface area (Å²) in [4.78, 5) is 14.2. The summed E-state index contributed by atoms with van der Waals surface area (Å²) in [6, 6.07) is 3.07. The normalized spacial score (nSPS) is 14.9. The van der Waals surface area contributed by atoms with E-state index in [1.54, 1.807) is 0 Å². The Kier molecular flexibility index (Phi) is 4.64. The smallest absolute Gasteiger partial charge is 0.242 e. The Bertz CT molecular complexity index is 421. The summed E-state index contributed by atoms with van der Waals surface area (Å²) < 4.78 is 1.99. The van der Waals surface area contributed by atoms with Crippen LogP contribution in [0.15, 0.2) is 18.5 Å². The minimum Gasteiger partial charge on any atom is -0.345 e. The second-order valence-corrected chi connectivity index (χ2v) is 5.64. The van der Waals surface area contributed by atoms with Gasteiger partial charge in [0.2, 0.25) is 5.91 Å². The molecular formula is C15H25N3O. The minimum absolute atomic E-state index is 0.240. The number of rotatable bonds is 7. The number of carbonyl (C=O) groups is 1. The topological polar surface area (TPSA) is 37.3 Å². The molecular weight excluding hydrogens is 238 g/mol. The molecule has 4 heteroatoms. The number of hydrogen-bond acceptors (Lipinski definition) is 2. The van der Waals surface area contributed by atoms with Crippen LogP contribution in [0.1, 0.15) is 39.2 Å². The lowest BCUT2D eigenvalue weighted by Crippen LogP contribution is -2.35. The molecule has 0 saturated heterocycles. The summed E-state index contributed by atoms with van der Waals surface area (Å²) >= 11 is 0. The zero-order valence-corrected chi connectivity index (χ0v) is 12.2. The molecule has 1 heterocycles. The van der Waals surface area contributed by atoms with Gasteiger partial charge in [-0.15, -0.1) is 0 Å². The maximum atomic E-state index is 12.2. The molecule has 1 saturated carbocycles. The third-order valence-electron chi connectivity index (χ3n) is 3.49. The van der Waals surface area contributed by atoms with Crippen molar-refractivity contribution in [2.45, 2.75) is 58.8 Å². The van der Waals surface area contributed by atoms with Crippen LogP contribution in [0, 0.1) is 0 Å². The van der Waals surface area contributed by atoms with Crippen LogP contribution >= 0.6 is 0 Å². The van der Waals surface area contributed by atoms with E-state index in [9.17, 15) is 4.79 Å². The zero-order valence-electron chi connectivity index (χ0n) is 12.2. The highest BCUT2D eigenvalue weighted by Crippen LogP contribution is 2.26.